The highest BCUT2D eigenvalue weighted by Crippen LogP contribution is 2.26. The number of fused-ring (bicyclic) bond motifs is 1. The molecule has 5 rings (SSSR count). The number of hydrogen-bond donors (Lipinski definition) is 0. The lowest BCUT2D eigenvalue weighted by Crippen LogP contribution is -2.35. The van der Waals surface area contributed by atoms with Crippen LogP contribution in [0.5, 0.6) is 11.5 Å². The molecule has 0 spiro atoms. The fourth-order valence-electron chi connectivity index (χ4n) is 4.66. The quantitative estimate of drug-likeness (QED) is 0.401. The van der Waals surface area contributed by atoms with Crippen LogP contribution in [-0.4, -0.2) is 66.0 Å². The minimum Gasteiger partial charge on any atom is -0.497 e. The van der Waals surface area contributed by atoms with Gasteiger partial charge in [-0.05, 0) is 48.9 Å². The van der Waals surface area contributed by atoms with E-state index in [-0.39, 0.29) is 5.91 Å². The Morgan fingerprint density at radius 1 is 1.00 bits per heavy atom. The smallest absolute Gasteiger partial charge is 0.255 e. The van der Waals surface area contributed by atoms with Gasteiger partial charge in [-0.15, -0.1) is 0 Å². The molecule has 1 amide bonds. The minimum absolute atomic E-state index is 0.0272. The first-order valence-electron chi connectivity index (χ1n) is 12.2. The van der Waals surface area contributed by atoms with Crippen LogP contribution < -0.4 is 14.4 Å². The second-order valence-corrected chi connectivity index (χ2v) is 8.91. The van der Waals surface area contributed by atoms with E-state index in [4.69, 9.17) is 14.7 Å². The highest BCUT2D eigenvalue weighted by Gasteiger charge is 2.22. The molecule has 0 atom stereocenters. The molecule has 0 N–H and O–H groups in total. The van der Waals surface area contributed by atoms with E-state index in [9.17, 15) is 4.79 Å². The van der Waals surface area contributed by atoms with Crippen molar-refractivity contribution in [2.75, 3.05) is 45.3 Å². The second kappa shape index (κ2) is 10.6. The summed E-state index contributed by atoms with van der Waals surface area (Å²) >= 11 is 0. The van der Waals surface area contributed by atoms with E-state index in [1.165, 1.54) is 0 Å². The van der Waals surface area contributed by atoms with Gasteiger partial charge in [0.1, 0.15) is 11.5 Å². The third kappa shape index (κ3) is 5.05. The fourth-order valence-corrected chi connectivity index (χ4v) is 4.66. The van der Waals surface area contributed by atoms with Crippen LogP contribution in [0.25, 0.3) is 11.0 Å². The maximum atomic E-state index is 13.3. The summed E-state index contributed by atoms with van der Waals surface area (Å²) in [7, 11) is 3.25. The molecular formula is C28H28N6O3. The van der Waals surface area contributed by atoms with Crippen LogP contribution >= 0.6 is 0 Å². The van der Waals surface area contributed by atoms with Crippen molar-refractivity contribution in [2.45, 2.75) is 13.0 Å². The molecule has 1 aliphatic rings. The molecular weight excluding hydrogens is 468 g/mol. The molecule has 0 aliphatic carbocycles. The number of nitrogens with zero attached hydrogens (tertiary/aromatic N) is 6. The van der Waals surface area contributed by atoms with Gasteiger partial charge >= 0.3 is 0 Å². The molecule has 1 fully saturated rings. The number of benzene rings is 2. The zero-order valence-electron chi connectivity index (χ0n) is 20.9. The summed E-state index contributed by atoms with van der Waals surface area (Å²) in [5, 5.41) is 14.4. The molecule has 9 heteroatoms. The van der Waals surface area contributed by atoms with Crippen molar-refractivity contribution < 1.29 is 14.3 Å². The van der Waals surface area contributed by atoms with Crippen LogP contribution in [-0.2, 0) is 6.54 Å². The van der Waals surface area contributed by atoms with Gasteiger partial charge in [-0.2, -0.15) is 10.4 Å². The number of pyridine rings is 1. The lowest BCUT2D eigenvalue weighted by molar-refractivity contribution is 0.0767. The molecule has 0 unspecified atom stereocenters. The van der Waals surface area contributed by atoms with E-state index in [1.54, 1.807) is 31.3 Å². The van der Waals surface area contributed by atoms with Crippen molar-refractivity contribution in [1.29, 1.82) is 5.26 Å². The molecule has 1 saturated heterocycles. The molecule has 3 heterocycles. The minimum atomic E-state index is -0.0272. The zero-order valence-corrected chi connectivity index (χ0v) is 20.9. The first-order chi connectivity index (χ1) is 18.1. The van der Waals surface area contributed by atoms with Crippen molar-refractivity contribution in [3.63, 3.8) is 0 Å². The topological polar surface area (TPSA) is 96.5 Å². The average molecular weight is 497 g/mol. The summed E-state index contributed by atoms with van der Waals surface area (Å²) in [6.45, 7) is 3.37. The summed E-state index contributed by atoms with van der Waals surface area (Å²) in [6.07, 6.45) is 4.24. The van der Waals surface area contributed by atoms with E-state index >= 15 is 0 Å². The SMILES string of the molecule is COc1ccc(Cn2ncc3cc(C(=O)N4CCCN(c5ccc(C#N)cc5)CC4)cnc32)c(OC)c1. The number of ether oxygens (including phenoxy) is 2. The van der Waals surface area contributed by atoms with Crippen molar-refractivity contribution in [1.82, 2.24) is 19.7 Å². The fraction of sp³-hybridized carbons (Fsp3) is 0.286. The molecule has 2 aromatic carbocycles. The predicted molar refractivity (Wildman–Crippen MR) is 140 cm³/mol. The molecule has 0 saturated carbocycles. The third-order valence-electron chi connectivity index (χ3n) is 6.68. The van der Waals surface area contributed by atoms with E-state index in [0.717, 1.165) is 41.9 Å². The summed E-state index contributed by atoms with van der Waals surface area (Å²) in [4.78, 5) is 22.1. The van der Waals surface area contributed by atoms with Gasteiger partial charge in [0.15, 0.2) is 5.65 Å². The van der Waals surface area contributed by atoms with Gasteiger partial charge in [-0.1, -0.05) is 0 Å². The van der Waals surface area contributed by atoms with Crippen LogP contribution in [0.2, 0.25) is 0 Å². The number of amides is 1. The molecule has 0 radical (unpaired) electrons. The van der Waals surface area contributed by atoms with Crippen molar-refractivity contribution in [3.05, 3.63) is 77.6 Å². The Kier molecular flexibility index (Phi) is 6.90. The van der Waals surface area contributed by atoms with E-state index in [2.05, 4.69) is 21.1 Å². The Morgan fingerprint density at radius 3 is 2.59 bits per heavy atom. The lowest BCUT2D eigenvalue weighted by Gasteiger charge is -2.23. The monoisotopic (exact) mass is 496 g/mol. The molecule has 9 nitrogen and oxygen atoms in total. The number of anilines is 1. The van der Waals surface area contributed by atoms with Gasteiger partial charge < -0.3 is 19.3 Å². The molecule has 4 aromatic rings. The van der Waals surface area contributed by atoms with Gasteiger partial charge in [0, 0.05) is 55.1 Å². The zero-order chi connectivity index (χ0) is 25.8. The summed E-state index contributed by atoms with van der Waals surface area (Å²) in [5.74, 6) is 1.41. The Balaban J connectivity index is 1.29. The largest absolute Gasteiger partial charge is 0.497 e. The highest BCUT2D eigenvalue weighted by atomic mass is 16.5. The van der Waals surface area contributed by atoms with Crippen LogP contribution in [0, 0.1) is 11.3 Å². The van der Waals surface area contributed by atoms with Gasteiger partial charge in [-0.25, -0.2) is 9.67 Å². The number of carbonyl (C=O) groups is 1. The third-order valence-corrected chi connectivity index (χ3v) is 6.68. The molecule has 2 aromatic heterocycles. The number of carbonyl (C=O) groups excluding carboxylic acids is 1. The summed E-state index contributed by atoms with van der Waals surface area (Å²) in [6, 6.07) is 17.3. The first kappa shape index (κ1) is 24.1. The average Bonchev–Trinajstić information content (AvgIpc) is 3.18. The van der Waals surface area contributed by atoms with E-state index in [1.807, 2.05) is 53.4 Å². The molecule has 1 aliphatic heterocycles. The van der Waals surface area contributed by atoms with Crippen LogP contribution in [0.3, 0.4) is 0 Å². The van der Waals surface area contributed by atoms with E-state index in [0.29, 0.717) is 42.2 Å². The van der Waals surface area contributed by atoms with Gasteiger partial charge in [0.05, 0.1) is 44.2 Å². The molecule has 188 valence electrons. The van der Waals surface area contributed by atoms with E-state index < -0.39 is 0 Å². The van der Waals surface area contributed by atoms with Crippen molar-refractivity contribution in [2.24, 2.45) is 0 Å². The number of hydrogen-bond acceptors (Lipinski definition) is 7. The maximum absolute atomic E-state index is 13.3. The summed E-state index contributed by atoms with van der Waals surface area (Å²) < 4.78 is 12.6. The van der Waals surface area contributed by atoms with Crippen molar-refractivity contribution >= 4 is 22.6 Å². The van der Waals surface area contributed by atoms with Gasteiger partial charge in [0.25, 0.3) is 5.91 Å². The van der Waals surface area contributed by atoms with Crippen LogP contribution in [0.1, 0.15) is 27.9 Å². The molecule has 0 bridgehead atoms. The lowest BCUT2D eigenvalue weighted by atomic mass is 10.2. The normalized spacial score (nSPS) is 13.8. The second-order valence-electron chi connectivity index (χ2n) is 8.91. The Labute approximate surface area is 215 Å². The maximum Gasteiger partial charge on any atom is 0.255 e. The van der Waals surface area contributed by atoms with Gasteiger partial charge in [0.2, 0.25) is 0 Å². The number of nitriles is 1. The first-order valence-corrected chi connectivity index (χ1v) is 12.2. The Morgan fingerprint density at radius 2 is 1.84 bits per heavy atom. The summed E-state index contributed by atoms with van der Waals surface area (Å²) in [5.41, 5.74) is 3.92. The number of rotatable bonds is 6. The van der Waals surface area contributed by atoms with Crippen LogP contribution in [0.15, 0.2) is 60.9 Å². The van der Waals surface area contributed by atoms with Crippen LogP contribution in [0.4, 0.5) is 5.69 Å². The molecule has 37 heavy (non-hydrogen) atoms. The van der Waals surface area contributed by atoms with Gasteiger partial charge in [-0.3, -0.25) is 4.79 Å². The Hall–Kier alpha value is -4.58. The highest BCUT2D eigenvalue weighted by molar-refractivity contribution is 5.96. The predicted octanol–water partition coefficient (Wildman–Crippen LogP) is 3.72. The number of methoxy groups -OCH3 is 2. The standard InChI is InChI=1S/C28H28N6O3/c1-36-25-9-6-21(26(15-25)37-2)19-34-27-22(18-31-34)14-23(17-30-27)28(35)33-11-3-10-32(12-13-33)24-7-4-20(16-29)5-8-24/h4-9,14-15,17-18H,3,10-13,19H2,1-2H3. The number of aromatic nitrogens is 3. The Bertz CT molecular complexity index is 1460. The van der Waals surface area contributed by atoms with Crippen molar-refractivity contribution in [3.8, 4) is 17.6 Å².